The van der Waals surface area contributed by atoms with E-state index in [4.69, 9.17) is 0 Å². The minimum atomic E-state index is -0.498. The van der Waals surface area contributed by atoms with Crippen LogP contribution >= 0.6 is 0 Å². The molecule has 130 valence electrons. The number of carbonyl (C=O) groups excluding carboxylic acids is 1. The lowest BCUT2D eigenvalue weighted by atomic mass is 10.0. The van der Waals surface area contributed by atoms with Gasteiger partial charge in [0.05, 0.1) is 6.04 Å². The predicted octanol–water partition coefficient (Wildman–Crippen LogP) is 4.52. The van der Waals surface area contributed by atoms with Crippen LogP contribution in [0.15, 0.2) is 54.6 Å². The van der Waals surface area contributed by atoms with E-state index in [0.717, 1.165) is 24.1 Å². The highest BCUT2D eigenvalue weighted by atomic mass is 19.1. The van der Waals surface area contributed by atoms with Crippen LogP contribution in [0.25, 0.3) is 5.57 Å². The summed E-state index contributed by atoms with van der Waals surface area (Å²) in [5, 5.41) is 2.86. The van der Waals surface area contributed by atoms with Gasteiger partial charge in [-0.25, -0.2) is 13.6 Å². The molecule has 1 aliphatic rings. The topological polar surface area (TPSA) is 32.3 Å². The van der Waals surface area contributed by atoms with Crippen molar-refractivity contribution < 1.29 is 13.6 Å². The third-order valence-electron chi connectivity index (χ3n) is 4.24. The molecule has 1 aliphatic heterocycles. The highest BCUT2D eigenvalue weighted by Gasteiger charge is 2.31. The first-order chi connectivity index (χ1) is 12.1. The Morgan fingerprint density at radius 3 is 2.68 bits per heavy atom. The number of halogens is 2. The summed E-state index contributed by atoms with van der Waals surface area (Å²) in [6.45, 7) is 2.78. The van der Waals surface area contributed by atoms with Gasteiger partial charge in [-0.2, -0.15) is 0 Å². The molecule has 0 spiro atoms. The van der Waals surface area contributed by atoms with Crippen molar-refractivity contribution in [3.8, 4) is 0 Å². The highest BCUT2D eigenvalue weighted by Crippen LogP contribution is 2.35. The van der Waals surface area contributed by atoms with Crippen molar-refractivity contribution in [3.05, 3.63) is 77.4 Å². The number of benzene rings is 2. The molecule has 1 heterocycles. The molecule has 0 aromatic heterocycles. The summed E-state index contributed by atoms with van der Waals surface area (Å²) < 4.78 is 27.7. The van der Waals surface area contributed by atoms with Crippen LogP contribution in [-0.4, -0.2) is 24.0 Å². The summed E-state index contributed by atoms with van der Waals surface area (Å²) in [5.41, 5.74) is 1.74. The molecule has 0 saturated carbocycles. The zero-order chi connectivity index (χ0) is 17.8. The van der Waals surface area contributed by atoms with Crippen molar-refractivity contribution >= 4 is 11.6 Å². The van der Waals surface area contributed by atoms with E-state index >= 15 is 0 Å². The number of hydrogen-bond donors (Lipinski definition) is 1. The Morgan fingerprint density at radius 1 is 1.20 bits per heavy atom. The average molecular weight is 342 g/mol. The van der Waals surface area contributed by atoms with Crippen molar-refractivity contribution in [2.24, 2.45) is 0 Å². The number of amides is 2. The second kappa shape index (κ2) is 7.47. The fraction of sp³-hybridized carbons (Fsp3) is 0.250. The number of rotatable bonds is 4. The van der Waals surface area contributed by atoms with Crippen molar-refractivity contribution in [2.75, 3.05) is 13.1 Å². The first kappa shape index (κ1) is 17.1. The minimum absolute atomic E-state index is 0.201. The van der Waals surface area contributed by atoms with Crippen LogP contribution in [0.2, 0.25) is 0 Å². The largest absolute Gasteiger partial charge is 0.338 e. The van der Waals surface area contributed by atoms with E-state index in [1.165, 1.54) is 6.07 Å². The van der Waals surface area contributed by atoms with Crippen LogP contribution in [0.4, 0.5) is 13.6 Å². The van der Waals surface area contributed by atoms with Gasteiger partial charge in [0.25, 0.3) is 0 Å². The number of carbonyl (C=O) groups is 1. The number of nitrogens with zero attached hydrogens (tertiary/aromatic N) is 1. The standard InChI is InChI=1S/C20H20F2N2O/c1-2-10-23-20(25)24-13-15(17-12-16(21)8-9-18(17)22)11-19(24)14-6-4-3-5-7-14/h3-9,11-12,19H,2,10,13H2,1H3,(H,23,25). The Hall–Kier alpha value is -2.69. The van der Waals surface area contributed by atoms with E-state index in [1.807, 2.05) is 43.3 Å². The van der Waals surface area contributed by atoms with Crippen LogP contribution in [0.5, 0.6) is 0 Å². The quantitative estimate of drug-likeness (QED) is 0.870. The summed E-state index contributed by atoms with van der Waals surface area (Å²) in [4.78, 5) is 14.2. The van der Waals surface area contributed by atoms with Gasteiger partial charge in [0.2, 0.25) is 0 Å². The van der Waals surface area contributed by atoms with Gasteiger partial charge >= 0.3 is 6.03 Å². The van der Waals surface area contributed by atoms with E-state index in [1.54, 1.807) is 4.90 Å². The Bertz CT molecular complexity index is 790. The molecule has 2 amide bonds. The maximum atomic E-state index is 14.2. The van der Waals surface area contributed by atoms with E-state index in [9.17, 15) is 13.6 Å². The van der Waals surface area contributed by atoms with Gasteiger partial charge in [0.1, 0.15) is 11.6 Å². The Labute approximate surface area is 146 Å². The number of nitrogens with one attached hydrogen (secondary N) is 1. The number of urea groups is 1. The summed E-state index contributed by atoms with van der Waals surface area (Å²) in [6, 6.07) is 12.4. The second-order valence-corrected chi connectivity index (χ2v) is 6.03. The first-order valence-corrected chi connectivity index (χ1v) is 8.35. The molecule has 0 aliphatic carbocycles. The van der Waals surface area contributed by atoms with Crippen molar-refractivity contribution in [1.82, 2.24) is 10.2 Å². The van der Waals surface area contributed by atoms with Gasteiger partial charge in [-0.3, -0.25) is 0 Å². The molecule has 2 aromatic carbocycles. The van der Waals surface area contributed by atoms with Crippen LogP contribution in [0, 0.1) is 11.6 Å². The zero-order valence-corrected chi connectivity index (χ0v) is 14.0. The van der Waals surface area contributed by atoms with Gasteiger partial charge in [-0.1, -0.05) is 43.3 Å². The van der Waals surface area contributed by atoms with Gasteiger partial charge in [-0.05, 0) is 35.8 Å². The monoisotopic (exact) mass is 342 g/mol. The molecule has 0 saturated heterocycles. The first-order valence-electron chi connectivity index (χ1n) is 8.35. The molecule has 0 fully saturated rings. The molecular formula is C20H20F2N2O. The third-order valence-corrected chi connectivity index (χ3v) is 4.24. The molecule has 2 aromatic rings. The third kappa shape index (κ3) is 3.71. The maximum absolute atomic E-state index is 14.2. The van der Waals surface area contributed by atoms with Crippen molar-refractivity contribution in [3.63, 3.8) is 0 Å². The molecule has 3 nitrogen and oxygen atoms in total. The molecule has 1 N–H and O–H groups in total. The van der Waals surface area contributed by atoms with E-state index in [2.05, 4.69) is 5.32 Å². The zero-order valence-electron chi connectivity index (χ0n) is 14.0. The van der Waals surface area contributed by atoms with Gasteiger partial charge < -0.3 is 10.2 Å². The van der Waals surface area contributed by atoms with E-state index < -0.39 is 11.6 Å². The lowest BCUT2D eigenvalue weighted by Gasteiger charge is -2.25. The predicted molar refractivity (Wildman–Crippen MR) is 93.9 cm³/mol. The molecular weight excluding hydrogens is 322 g/mol. The maximum Gasteiger partial charge on any atom is 0.318 e. The van der Waals surface area contributed by atoms with Crippen LogP contribution in [0.1, 0.15) is 30.5 Å². The summed E-state index contributed by atoms with van der Waals surface area (Å²) in [5.74, 6) is -0.988. The van der Waals surface area contributed by atoms with Crippen LogP contribution < -0.4 is 5.32 Å². The summed E-state index contributed by atoms with van der Waals surface area (Å²) in [6.07, 6.45) is 2.66. The van der Waals surface area contributed by atoms with Crippen molar-refractivity contribution in [2.45, 2.75) is 19.4 Å². The molecule has 0 bridgehead atoms. The fourth-order valence-electron chi connectivity index (χ4n) is 2.99. The fourth-order valence-corrected chi connectivity index (χ4v) is 2.99. The normalized spacial score (nSPS) is 16.7. The van der Waals surface area contributed by atoms with Crippen LogP contribution in [-0.2, 0) is 0 Å². The summed E-state index contributed by atoms with van der Waals surface area (Å²) >= 11 is 0. The van der Waals surface area contributed by atoms with E-state index in [0.29, 0.717) is 12.1 Å². The van der Waals surface area contributed by atoms with Crippen molar-refractivity contribution in [1.29, 1.82) is 0 Å². The smallest absolute Gasteiger partial charge is 0.318 e. The molecule has 1 atom stereocenters. The molecule has 3 rings (SSSR count). The van der Waals surface area contributed by atoms with E-state index in [-0.39, 0.29) is 24.2 Å². The van der Waals surface area contributed by atoms with Gasteiger partial charge in [-0.15, -0.1) is 0 Å². The van der Waals surface area contributed by atoms with Gasteiger partial charge in [0, 0.05) is 18.7 Å². The summed E-state index contributed by atoms with van der Waals surface area (Å²) in [7, 11) is 0. The molecule has 25 heavy (non-hydrogen) atoms. The Morgan fingerprint density at radius 2 is 1.96 bits per heavy atom. The molecule has 1 unspecified atom stereocenters. The Kier molecular flexibility index (Phi) is 5.12. The SMILES string of the molecule is CCCNC(=O)N1CC(c2cc(F)ccc2F)=CC1c1ccccc1. The minimum Gasteiger partial charge on any atom is -0.338 e. The second-order valence-electron chi connectivity index (χ2n) is 6.03. The number of hydrogen-bond acceptors (Lipinski definition) is 1. The Balaban J connectivity index is 1.96. The molecule has 0 radical (unpaired) electrons. The molecule has 5 heteroatoms. The van der Waals surface area contributed by atoms with Gasteiger partial charge in [0.15, 0.2) is 0 Å². The highest BCUT2D eigenvalue weighted by molar-refractivity contribution is 5.82. The lowest BCUT2D eigenvalue weighted by Crippen LogP contribution is -2.40. The van der Waals surface area contributed by atoms with Crippen LogP contribution in [0.3, 0.4) is 0 Å². The lowest BCUT2D eigenvalue weighted by molar-refractivity contribution is 0.197. The average Bonchev–Trinajstić information content (AvgIpc) is 3.07.